The summed E-state index contributed by atoms with van der Waals surface area (Å²) in [6.45, 7) is 0.365. The van der Waals surface area contributed by atoms with Gasteiger partial charge in [-0.1, -0.05) is 11.3 Å². The molecule has 0 bridgehead atoms. The molecule has 1 amide bonds. The van der Waals surface area contributed by atoms with Crippen molar-refractivity contribution in [2.24, 2.45) is 0 Å². The number of carbonyl (C=O) groups is 1. The number of ether oxygens (including phenoxy) is 4. The molecule has 3 aromatic rings. The van der Waals surface area contributed by atoms with Crippen LogP contribution in [0.25, 0.3) is 11.3 Å². The number of nitrogens with one attached hydrogen (secondary N) is 1. The van der Waals surface area contributed by atoms with E-state index in [1.807, 2.05) is 18.2 Å². The Morgan fingerprint density at radius 1 is 1.14 bits per heavy atom. The summed E-state index contributed by atoms with van der Waals surface area (Å²) in [6.07, 6.45) is 1.26. The molecule has 3 heterocycles. The average Bonchev–Trinajstić information content (AvgIpc) is 3.15. The van der Waals surface area contributed by atoms with E-state index in [2.05, 4.69) is 20.3 Å². The number of benzene rings is 1. The number of amides is 1. The molecule has 0 atom stereocenters. The van der Waals surface area contributed by atoms with Crippen LogP contribution in [0.3, 0.4) is 0 Å². The van der Waals surface area contributed by atoms with Crippen molar-refractivity contribution in [3.8, 4) is 34.5 Å². The van der Waals surface area contributed by atoms with Gasteiger partial charge in [-0.2, -0.15) is 0 Å². The highest BCUT2D eigenvalue weighted by atomic mass is 32.1. The third-order valence-electron chi connectivity index (χ3n) is 4.11. The van der Waals surface area contributed by atoms with E-state index < -0.39 is 5.91 Å². The molecule has 0 saturated carbocycles. The van der Waals surface area contributed by atoms with Gasteiger partial charge in [0.2, 0.25) is 11.8 Å². The minimum Gasteiger partial charge on any atom is -0.497 e. The van der Waals surface area contributed by atoms with Gasteiger partial charge in [0, 0.05) is 11.6 Å². The Kier molecular flexibility index (Phi) is 4.70. The van der Waals surface area contributed by atoms with E-state index in [0.717, 1.165) is 16.1 Å². The first-order chi connectivity index (χ1) is 13.6. The van der Waals surface area contributed by atoms with E-state index in [0.29, 0.717) is 23.2 Å². The molecule has 1 aromatic carbocycles. The Morgan fingerprint density at radius 2 is 1.89 bits per heavy atom. The molecular weight excluding hydrogens is 384 g/mol. The number of hydrogen-bond acceptors (Lipinski definition) is 9. The molecule has 1 aliphatic heterocycles. The smallest absolute Gasteiger partial charge is 0.268 e. The van der Waals surface area contributed by atoms with Gasteiger partial charge in [0.05, 0.1) is 31.9 Å². The number of aromatic nitrogens is 3. The second-order valence-electron chi connectivity index (χ2n) is 5.66. The number of methoxy groups -OCH3 is 3. The number of carbonyl (C=O) groups excluding carboxylic acids is 1. The zero-order chi connectivity index (χ0) is 19.7. The molecule has 9 nitrogen and oxygen atoms in total. The number of rotatable bonds is 5. The summed E-state index contributed by atoms with van der Waals surface area (Å²) in [5, 5.41) is 3.19. The molecular formula is C18H16N4O5S. The van der Waals surface area contributed by atoms with Crippen molar-refractivity contribution >= 4 is 22.4 Å². The van der Waals surface area contributed by atoms with Crippen LogP contribution in [0.2, 0.25) is 0 Å². The van der Waals surface area contributed by atoms with E-state index >= 15 is 0 Å². The molecule has 0 aliphatic carbocycles. The maximum absolute atomic E-state index is 12.8. The van der Waals surface area contributed by atoms with Crippen LogP contribution in [0, 0.1) is 0 Å². The van der Waals surface area contributed by atoms with Crippen LogP contribution in [0.4, 0.5) is 5.13 Å². The lowest BCUT2D eigenvalue weighted by Gasteiger charge is -2.16. The fourth-order valence-electron chi connectivity index (χ4n) is 2.82. The number of fused-ring (bicyclic) bond motifs is 3. The van der Waals surface area contributed by atoms with Gasteiger partial charge in [-0.3, -0.25) is 10.1 Å². The molecule has 0 saturated heterocycles. The normalized spacial score (nSPS) is 11.7. The van der Waals surface area contributed by atoms with Crippen molar-refractivity contribution in [2.45, 2.75) is 6.61 Å². The Hall–Kier alpha value is -3.40. The first kappa shape index (κ1) is 18.0. The van der Waals surface area contributed by atoms with Crippen molar-refractivity contribution in [1.29, 1.82) is 0 Å². The highest BCUT2D eigenvalue weighted by Gasteiger charge is 2.26. The third kappa shape index (κ3) is 3.07. The van der Waals surface area contributed by atoms with Gasteiger partial charge < -0.3 is 18.9 Å². The van der Waals surface area contributed by atoms with Gasteiger partial charge in [0.25, 0.3) is 5.91 Å². The number of nitrogens with zero attached hydrogens (tertiary/aromatic N) is 3. The molecule has 0 radical (unpaired) electrons. The minimum absolute atomic E-state index is 0.0991. The monoisotopic (exact) mass is 400 g/mol. The highest BCUT2D eigenvalue weighted by molar-refractivity contribution is 7.16. The van der Waals surface area contributed by atoms with Crippen LogP contribution in [-0.4, -0.2) is 42.2 Å². The second kappa shape index (κ2) is 7.31. The van der Waals surface area contributed by atoms with Gasteiger partial charge in [-0.05, 0) is 12.1 Å². The molecule has 1 N–H and O–H groups in total. The summed E-state index contributed by atoms with van der Waals surface area (Å²) in [7, 11) is 4.44. The lowest BCUT2D eigenvalue weighted by atomic mass is 10.1. The zero-order valence-corrected chi connectivity index (χ0v) is 16.1. The van der Waals surface area contributed by atoms with Crippen LogP contribution in [0.1, 0.15) is 15.2 Å². The largest absolute Gasteiger partial charge is 0.497 e. The molecule has 10 heteroatoms. The average molecular weight is 400 g/mol. The molecule has 4 rings (SSSR count). The van der Waals surface area contributed by atoms with Gasteiger partial charge in [-0.25, -0.2) is 15.0 Å². The molecule has 28 heavy (non-hydrogen) atoms. The summed E-state index contributed by atoms with van der Waals surface area (Å²) in [6, 6.07) is 5.54. The molecule has 0 fully saturated rings. The first-order valence-corrected chi connectivity index (χ1v) is 9.01. The SMILES string of the molecule is COc1ccc2c(c1)OCc1sc(NC(=O)c3c(OC)ncnc3OC)nc1-2. The number of anilines is 1. The lowest BCUT2D eigenvalue weighted by molar-refractivity contribution is 0.101. The van der Waals surface area contributed by atoms with Crippen LogP contribution in [0.5, 0.6) is 23.3 Å². The maximum Gasteiger partial charge on any atom is 0.268 e. The van der Waals surface area contributed by atoms with E-state index in [1.165, 1.54) is 31.9 Å². The fourth-order valence-corrected chi connectivity index (χ4v) is 3.70. The number of thiazole rings is 1. The molecule has 0 unspecified atom stereocenters. The van der Waals surface area contributed by atoms with Gasteiger partial charge in [0.15, 0.2) is 10.7 Å². The minimum atomic E-state index is -0.476. The van der Waals surface area contributed by atoms with Crippen LogP contribution in [-0.2, 0) is 6.61 Å². The van der Waals surface area contributed by atoms with Gasteiger partial charge in [0.1, 0.15) is 24.4 Å². The quantitative estimate of drug-likeness (QED) is 0.697. The maximum atomic E-state index is 12.8. The highest BCUT2D eigenvalue weighted by Crippen LogP contribution is 2.42. The standard InChI is InChI=1S/C18H16N4O5S/c1-24-9-4-5-10-11(6-9)27-7-12-14(10)21-18(28-12)22-15(23)13-16(25-2)19-8-20-17(13)26-3/h4-6,8H,7H2,1-3H3,(H,21,22,23). The van der Waals surface area contributed by atoms with E-state index in [1.54, 1.807) is 7.11 Å². The Bertz CT molecular complexity index is 1030. The first-order valence-electron chi connectivity index (χ1n) is 8.19. The summed E-state index contributed by atoms with van der Waals surface area (Å²) in [4.78, 5) is 26.2. The van der Waals surface area contributed by atoms with Crippen molar-refractivity contribution in [1.82, 2.24) is 15.0 Å². The van der Waals surface area contributed by atoms with Crippen molar-refractivity contribution in [2.75, 3.05) is 26.6 Å². The van der Waals surface area contributed by atoms with Crippen LogP contribution < -0.4 is 24.3 Å². The summed E-state index contributed by atoms with van der Waals surface area (Å²) >= 11 is 1.34. The summed E-state index contributed by atoms with van der Waals surface area (Å²) in [5.74, 6) is 1.15. The van der Waals surface area contributed by atoms with Crippen LogP contribution >= 0.6 is 11.3 Å². The van der Waals surface area contributed by atoms with Gasteiger partial charge in [-0.15, -0.1) is 0 Å². The predicted octanol–water partition coefficient (Wildman–Crippen LogP) is 2.77. The van der Waals surface area contributed by atoms with E-state index in [9.17, 15) is 4.79 Å². The zero-order valence-electron chi connectivity index (χ0n) is 15.3. The van der Waals surface area contributed by atoms with Crippen molar-refractivity contribution in [3.63, 3.8) is 0 Å². The van der Waals surface area contributed by atoms with Crippen molar-refractivity contribution in [3.05, 3.63) is 35.0 Å². The van der Waals surface area contributed by atoms with Gasteiger partial charge >= 0.3 is 0 Å². The lowest BCUT2D eigenvalue weighted by Crippen LogP contribution is -2.16. The summed E-state index contributed by atoms with van der Waals surface area (Å²) < 4.78 is 21.3. The topological polar surface area (TPSA) is 105 Å². The Balaban J connectivity index is 1.65. The van der Waals surface area contributed by atoms with E-state index in [-0.39, 0.29) is 17.3 Å². The molecule has 1 aliphatic rings. The Labute approximate surface area is 164 Å². The van der Waals surface area contributed by atoms with E-state index in [4.69, 9.17) is 18.9 Å². The Morgan fingerprint density at radius 3 is 2.57 bits per heavy atom. The second-order valence-corrected chi connectivity index (χ2v) is 6.75. The van der Waals surface area contributed by atoms with Crippen LogP contribution in [0.15, 0.2) is 24.5 Å². The molecule has 144 valence electrons. The third-order valence-corrected chi connectivity index (χ3v) is 5.06. The predicted molar refractivity (Wildman–Crippen MR) is 102 cm³/mol. The number of hydrogen-bond donors (Lipinski definition) is 1. The summed E-state index contributed by atoms with van der Waals surface area (Å²) in [5.41, 5.74) is 1.71. The molecule has 0 spiro atoms. The van der Waals surface area contributed by atoms with Crippen molar-refractivity contribution < 1.29 is 23.7 Å². The molecule has 2 aromatic heterocycles. The fraction of sp³-hybridized carbons (Fsp3) is 0.222.